The number of carbonyl (C=O) groups is 4. The van der Waals surface area contributed by atoms with E-state index in [9.17, 15) is 19.2 Å². The Bertz CT molecular complexity index is 981. The molecular weight excluding hydrogens is 388 g/mol. The van der Waals surface area contributed by atoms with Crippen LogP contribution in [0, 0.1) is 5.92 Å². The maximum Gasteiger partial charge on any atom is 0.247 e. The summed E-state index contributed by atoms with van der Waals surface area (Å²) in [6.07, 6.45) is 2.02. The van der Waals surface area contributed by atoms with E-state index in [2.05, 4.69) is 5.32 Å². The molecule has 7 heteroatoms. The molecule has 1 N–H and O–H groups in total. The molecule has 1 atom stereocenters. The zero-order valence-electron chi connectivity index (χ0n) is 15.9. The zero-order valence-corrected chi connectivity index (χ0v) is 16.7. The van der Waals surface area contributed by atoms with Crippen LogP contribution in [0.5, 0.6) is 0 Å². The molecule has 1 aliphatic carbocycles. The quantitative estimate of drug-likeness (QED) is 0.583. The normalized spacial score (nSPS) is 18.8. The van der Waals surface area contributed by atoms with Crippen LogP contribution in [0.1, 0.15) is 36.5 Å². The molecule has 1 saturated heterocycles. The van der Waals surface area contributed by atoms with E-state index in [-0.39, 0.29) is 35.8 Å². The SMILES string of the molecule is CC(=O)c1ccc(N2C(=O)CC(Sc3ccc(NC(=O)C4CC4)cc3)C2=O)cc1. The summed E-state index contributed by atoms with van der Waals surface area (Å²) >= 11 is 1.34. The Labute approximate surface area is 172 Å². The maximum absolute atomic E-state index is 12.8. The molecule has 0 radical (unpaired) electrons. The van der Waals surface area contributed by atoms with Crippen LogP contribution in [0.2, 0.25) is 0 Å². The predicted octanol–water partition coefficient (Wildman–Crippen LogP) is 3.66. The summed E-state index contributed by atoms with van der Waals surface area (Å²) in [7, 11) is 0. The molecule has 6 nitrogen and oxygen atoms in total. The number of imide groups is 1. The smallest absolute Gasteiger partial charge is 0.247 e. The van der Waals surface area contributed by atoms with Gasteiger partial charge < -0.3 is 5.32 Å². The topological polar surface area (TPSA) is 83.6 Å². The van der Waals surface area contributed by atoms with Crippen molar-refractivity contribution in [3.05, 3.63) is 54.1 Å². The van der Waals surface area contributed by atoms with Gasteiger partial charge in [0, 0.05) is 28.5 Å². The van der Waals surface area contributed by atoms with E-state index in [1.165, 1.54) is 23.6 Å². The van der Waals surface area contributed by atoms with Gasteiger partial charge in [-0.05, 0) is 68.3 Å². The number of Topliss-reactive ketones (excluding diaryl/α,β-unsaturated/α-hetero) is 1. The van der Waals surface area contributed by atoms with Crippen molar-refractivity contribution < 1.29 is 19.2 Å². The average Bonchev–Trinajstić information content (AvgIpc) is 3.51. The third-order valence-electron chi connectivity index (χ3n) is 4.99. The molecule has 0 spiro atoms. The fourth-order valence-corrected chi connectivity index (χ4v) is 4.24. The van der Waals surface area contributed by atoms with E-state index < -0.39 is 5.25 Å². The minimum Gasteiger partial charge on any atom is -0.326 e. The molecule has 1 heterocycles. The highest BCUT2D eigenvalue weighted by Gasteiger charge is 2.40. The van der Waals surface area contributed by atoms with Crippen LogP contribution >= 0.6 is 11.8 Å². The second-order valence-electron chi connectivity index (χ2n) is 7.27. The first-order valence-corrected chi connectivity index (χ1v) is 10.4. The third kappa shape index (κ3) is 4.24. The molecule has 148 valence electrons. The predicted molar refractivity (Wildman–Crippen MR) is 111 cm³/mol. The first-order chi connectivity index (χ1) is 13.9. The maximum atomic E-state index is 12.8. The summed E-state index contributed by atoms with van der Waals surface area (Å²) in [5, 5.41) is 2.38. The number of benzene rings is 2. The number of amides is 3. The van der Waals surface area contributed by atoms with Crippen LogP contribution in [0.3, 0.4) is 0 Å². The van der Waals surface area contributed by atoms with Gasteiger partial charge in [-0.25, -0.2) is 4.90 Å². The Kier molecular flexibility index (Phi) is 5.24. The molecule has 2 aliphatic rings. The fourth-order valence-electron chi connectivity index (χ4n) is 3.18. The monoisotopic (exact) mass is 408 g/mol. The van der Waals surface area contributed by atoms with E-state index >= 15 is 0 Å². The van der Waals surface area contributed by atoms with Crippen molar-refractivity contribution in [2.45, 2.75) is 36.3 Å². The van der Waals surface area contributed by atoms with Gasteiger partial charge in [0.2, 0.25) is 17.7 Å². The standard InChI is InChI=1S/C22H20N2O4S/c1-13(25)14-4-8-17(9-5-14)24-20(26)12-19(22(24)28)29-18-10-6-16(7-11-18)23-21(27)15-2-3-15/h4-11,15,19H,2-3,12H2,1H3,(H,23,27). The van der Waals surface area contributed by atoms with Gasteiger partial charge in [-0.1, -0.05) is 0 Å². The summed E-state index contributed by atoms with van der Waals surface area (Å²) in [5.41, 5.74) is 1.74. The molecule has 3 amide bonds. The van der Waals surface area contributed by atoms with Crippen LogP contribution in [-0.4, -0.2) is 28.8 Å². The molecule has 2 fully saturated rings. The molecule has 0 bridgehead atoms. The van der Waals surface area contributed by atoms with Crippen molar-refractivity contribution in [2.24, 2.45) is 5.92 Å². The number of thioether (sulfide) groups is 1. The summed E-state index contributed by atoms with van der Waals surface area (Å²) < 4.78 is 0. The lowest BCUT2D eigenvalue weighted by molar-refractivity contribution is -0.121. The van der Waals surface area contributed by atoms with Crippen molar-refractivity contribution in [2.75, 3.05) is 10.2 Å². The molecule has 1 unspecified atom stereocenters. The van der Waals surface area contributed by atoms with Crippen LogP contribution in [0.15, 0.2) is 53.4 Å². The highest BCUT2D eigenvalue weighted by Crippen LogP contribution is 2.35. The van der Waals surface area contributed by atoms with Crippen molar-refractivity contribution >= 4 is 46.6 Å². The molecular formula is C22H20N2O4S. The number of carbonyl (C=O) groups excluding carboxylic acids is 4. The summed E-state index contributed by atoms with van der Waals surface area (Å²) in [6.45, 7) is 1.47. The lowest BCUT2D eigenvalue weighted by Crippen LogP contribution is -2.31. The minimum atomic E-state index is -0.498. The summed E-state index contributed by atoms with van der Waals surface area (Å²) in [6, 6.07) is 13.8. The van der Waals surface area contributed by atoms with Gasteiger partial charge in [0.05, 0.1) is 10.9 Å². The van der Waals surface area contributed by atoms with E-state index in [0.29, 0.717) is 11.3 Å². The van der Waals surface area contributed by atoms with Crippen molar-refractivity contribution in [3.63, 3.8) is 0 Å². The summed E-state index contributed by atoms with van der Waals surface area (Å²) in [4.78, 5) is 50.5. The van der Waals surface area contributed by atoms with Gasteiger partial charge in [-0.2, -0.15) is 0 Å². The van der Waals surface area contributed by atoms with Gasteiger partial charge >= 0.3 is 0 Å². The first-order valence-electron chi connectivity index (χ1n) is 9.48. The minimum absolute atomic E-state index is 0.0494. The second-order valence-corrected chi connectivity index (χ2v) is 8.55. The highest BCUT2D eigenvalue weighted by molar-refractivity contribution is 8.00. The Morgan fingerprint density at radius 1 is 1.00 bits per heavy atom. The lowest BCUT2D eigenvalue weighted by Gasteiger charge is -2.15. The molecule has 1 saturated carbocycles. The van der Waals surface area contributed by atoms with E-state index in [1.54, 1.807) is 24.3 Å². The van der Waals surface area contributed by atoms with Crippen LogP contribution < -0.4 is 10.2 Å². The number of rotatable bonds is 6. The van der Waals surface area contributed by atoms with E-state index in [0.717, 1.165) is 23.4 Å². The number of anilines is 2. The van der Waals surface area contributed by atoms with Crippen LogP contribution in [0.25, 0.3) is 0 Å². The number of ketones is 1. The van der Waals surface area contributed by atoms with E-state index in [1.807, 2.05) is 24.3 Å². The summed E-state index contributed by atoms with van der Waals surface area (Å²) in [5.74, 6) is -0.394. The number of hydrogen-bond acceptors (Lipinski definition) is 5. The molecule has 1 aliphatic heterocycles. The Hall–Kier alpha value is -2.93. The molecule has 29 heavy (non-hydrogen) atoms. The van der Waals surface area contributed by atoms with Crippen molar-refractivity contribution in [1.82, 2.24) is 0 Å². The molecule has 2 aromatic carbocycles. The Morgan fingerprint density at radius 3 is 2.24 bits per heavy atom. The van der Waals surface area contributed by atoms with Crippen molar-refractivity contribution in [3.8, 4) is 0 Å². The van der Waals surface area contributed by atoms with Crippen LogP contribution in [0.4, 0.5) is 11.4 Å². The Balaban J connectivity index is 1.42. The molecule has 0 aromatic heterocycles. The van der Waals surface area contributed by atoms with Crippen LogP contribution in [-0.2, 0) is 14.4 Å². The molecule has 2 aromatic rings. The average molecular weight is 408 g/mol. The first kappa shape index (κ1) is 19.4. The second kappa shape index (κ2) is 7.83. The third-order valence-corrected chi connectivity index (χ3v) is 6.18. The lowest BCUT2D eigenvalue weighted by atomic mass is 10.1. The van der Waals surface area contributed by atoms with E-state index in [4.69, 9.17) is 0 Å². The largest absolute Gasteiger partial charge is 0.326 e. The Morgan fingerprint density at radius 2 is 1.66 bits per heavy atom. The van der Waals surface area contributed by atoms with Crippen molar-refractivity contribution in [1.29, 1.82) is 0 Å². The zero-order chi connectivity index (χ0) is 20.5. The van der Waals surface area contributed by atoms with Gasteiger partial charge in [-0.15, -0.1) is 11.8 Å². The van der Waals surface area contributed by atoms with Gasteiger partial charge in [0.15, 0.2) is 5.78 Å². The van der Waals surface area contributed by atoms with Gasteiger partial charge in [-0.3, -0.25) is 19.2 Å². The highest BCUT2D eigenvalue weighted by atomic mass is 32.2. The fraction of sp³-hybridized carbons (Fsp3) is 0.273. The van der Waals surface area contributed by atoms with Gasteiger partial charge in [0.25, 0.3) is 0 Å². The number of hydrogen-bond donors (Lipinski definition) is 1. The number of nitrogens with zero attached hydrogens (tertiary/aromatic N) is 1. The molecule has 4 rings (SSSR count). The van der Waals surface area contributed by atoms with Gasteiger partial charge in [0.1, 0.15) is 0 Å². The number of nitrogens with one attached hydrogen (secondary N) is 1.